The molecule has 7 nitrogen and oxygen atoms in total. The Balaban J connectivity index is 2.49. The van der Waals surface area contributed by atoms with E-state index in [4.69, 9.17) is 14.2 Å². The summed E-state index contributed by atoms with van der Waals surface area (Å²) >= 11 is 0. The van der Waals surface area contributed by atoms with E-state index in [1.54, 1.807) is 14.0 Å². The molecule has 0 amide bonds. The van der Waals surface area contributed by atoms with Gasteiger partial charge in [0.2, 0.25) is 10.0 Å². The summed E-state index contributed by atoms with van der Waals surface area (Å²) in [5.41, 5.74) is 0.748. The lowest BCUT2D eigenvalue weighted by molar-refractivity contribution is 0.0526. The van der Waals surface area contributed by atoms with E-state index in [2.05, 4.69) is 4.72 Å². The van der Waals surface area contributed by atoms with Gasteiger partial charge < -0.3 is 14.2 Å². The van der Waals surface area contributed by atoms with Crippen LogP contribution in [-0.4, -0.2) is 53.7 Å². The zero-order valence-corrected chi connectivity index (χ0v) is 13.5. The molecule has 0 saturated heterocycles. The molecule has 1 rings (SSSR count). The van der Waals surface area contributed by atoms with Crippen LogP contribution in [0, 0.1) is 0 Å². The summed E-state index contributed by atoms with van der Waals surface area (Å²) in [4.78, 5) is 11.5. The molecule has 0 unspecified atom stereocenters. The second-order valence-corrected chi connectivity index (χ2v) is 6.17. The van der Waals surface area contributed by atoms with Crippen molar-refractivity contribution in [3.8, 4) is 0 Å². The van der Waals surface area contributed by atoms with Crippen molar-refractivity contribution in [1.82, 2.24) is 0 Å². The van der Waals surface area contributed by atoms with Crippen LogP contribution >= 0.6 is 0 Å². The minimum atomic E-state index is -3.50. The van der Waals surface area contributed by atoms with Crippen molar-refractivity contribution in [1.29, 1.82) is 0 Å². The number of benzene rings is 1. The molecule has 0 heterocycles. The van der Waals surface area contributed by atoms with Gasteiger partial charge in [0.05, 0.1) is 37.7 Å². The molecule has 0 fully saturated rings. The highest BCUT2D eigenvalue weighted by Crippen LogP contribution is 2.12. The highest BCUT2D eigenvalue weighted by Gasteiger charge is 2.11. The number of nitrogens with one attached hydrogen (secondary N) is 1. The number of carbonyl (C=O) groups is 1. The largest absolute Gasteiger partial charge is 0.462 e. The van der Waals surface area contributed by atoms with E-state index in [0.717, 1.165) is 0 Å². The zero-order valence-electron chi connectivity index (χ0n) is 12.7. The summed E-state index contributed by atoms with van der Waals surface area (Å²) in [5.74, 6) is -0.598. The highest BCUT2D eigenvalue weighted by atomic mass is 32.2. The molecule has 1 aromatic rings. The van der Waals surface area contributed by atoms with E-state index in [1.165, 1.54) is 24.3 Å². The van der Waals surface area contributed by atoms with Gasteiger partial charge in [-0.1, -0.05) is 0 Å². The number of rotatable bonds is 10. The lowest BCUT2D eigenvalue weighted by Gasteiger charge is -2.09. The molecule has 124 valence electrons. The van der Waals surface area contributed by atoms with E-state index in [0.29, 0.717) is 24.5 Å². The van der Waals surface area contributed by atoms with Crippen molar-refractivity contribution in [3.05, 3.63) is 29.8 Å². The van der Waals surface area contributed by atoms with Gasteiger partial charge in [0.15, 0.2) is 0 Å². The fourth-order valence-electron chi connectivity index (χ4n) is 1.53. The van der Waals surface area contributed by atoms with Crippen molar-refractivity contribution in [2.24, 2.45) is 0 Å². The number of sulfonamides is 1. The number of carbonyl (C=O) groups excluding carboxylic acids is 1. The second-order valence-electron chi connectivity index (χ2n) is 4.32. The van der Waals surface area contributed by atoms with Gasteiger partial charge in [0, 0.05) is 12.8 Å². The predicted octanol–water partition coefficient (Wildman–Crippen LogP) is 1.27. The summed E-state index contributed by atoms with van der Waals surface area (Å²) in [6, 6.07) is 6.03. The van der Waals surface area contributed by atoms with Gasteiger partial charge in [0.1, 0.15) is 0 Å². The molecule has 0 radical (unpaired) electrons. The third-order valence-corrected chi connectivity index (χ3v) is 3.85. The van der Waals surface area contributed by atoms with Crippen LogP contribution in [0.5, 0.6) is 0 Å². The molecule has 0 aliphatic rings. The predicted molar refractivity (Wildman–Crippen MR) is 82.5 cm³/mol. The van der Waals surface area contributed by atoms with Gasteiger partial charge in [-0.3, -0.25) is 4.72 Å². The lowest BCUT2D eigenvalue weighted by atomic mass is 10.2. The van der Waals surface area contributed by atoms with Gasteiger partial charge in [-0.25, -0.2) is 13.2 Å². The molecular weight excluding hydrogens is 310 g/mol. The first kappa shape index (κ1) is 18.4. The van der Waals surface area contributed by atoms with E-state index < -0.39 is 16.0 Å². The second kappa shape index (κ2) is 9.39. The monoisotopic (exact) mass is 331 g/mol. The standard InChI is InChI=1S/C14H21NO6S/c1-3-21-14(16)12-4-6-13(7-5-12)15-22(17,18)11-10-20-9-8-19-2/h4-7,15H,3,8-11H2,1-2H3. The van der Waals surface area contributed by atoms with E-state index in [-0.39, 0.29) is 19.0 Å². The quantitative estimate of drug-likeness (QED) is 0.513. The van der Waals surface area contributed by atoms with Crippen molar-refractivity contribution >= 4 is 21.7 Å². The van der Waals surface area contributed by atoms with E-state index in [9.17, 15) is 13.2 Å². The fraction of sp³-hybridized carbons (Fsp3) is 0.500. The zero-order chi connectivity index (χ0) is 16.4. The maximum absolute atomic E-state index is 11.8. The molecule has 0 spiro atoms. The van der Waals surface area contributed by atoms with Gasteiger partial charge in [-0.15, -0.1) is 0 Å². The highest BCUT2D eigenvalue weighted by molar-refractivity contribution is 7.92. The SMILES string of the molecule is CCOC(=O)c1ccc(NS(=O)(=O)CCOCCOC)cc1. The van der Waals surface area contributed by atoms with Crippen LogP contribution < -0.4 is 4.72 Å². The van der Waals surface area contributed by atoms with Crippen LogP contribution in [-0.2, 0) is 24.2 Å². The number of hydrogen-bond donors (Lipinski definition) is 1. The molecule has 0 atom stereocenters. The number of anilines is 1. The normalized spacial score (nSPS) is 11.2. The minimum Gasteiger partial charge on any atom is -0.462 e. The van der Waals surface area contributed by atoms with Crippen LogP contribution in [0.15, 0.2) is 24.3 Å². The first-order valence-electron chi connectivity index (χ1n) is 6.83. The van der Waals surface area contributed by atoms with Crippen LogP contribution in [0.4, 0.5) is 5.69 Å². The van der Waals surface area contributed by atoms with Crippen LogP contribution in [0.2, 0.25) is 0 Å². The summed E-state index contributed by atoms with van der Waals surface area (Å²) in [7, 11) is -1.95. The Hall–Kier alpha value is -1.64. The maximum Gasteiger partial charge on any atom is 0.338 e. The summed E-state index contributed by atoms with van der Waals surface area (Å²) in [6.07, 6.45) is 0. The fourth-order valence-corrected chi connectivity index (χ4v) is 2.47. The van der Waals surface area contributed by atoms with Crippen molar-refractivity contribution in [2.75, 3.05) is 44.0 Å². The smallest absolute Gasteiger partial charge is 0.338 e. The average molecular weight is 331 g/mol. The molecule has 1 aromatic carbocycles. The summed E-state index contributed by atoms with van der Waals surface area (Å²) < 4.78 is 40.9. The van der Waals surface area contributed by atoms with Crippen molar-refractivity contribution < 1.29 is 27.4 Å². The topological polar surface area (TPSA) is 90.9 Å². The van der Waals surface area contributed by atoms with Crippen molar-refractivity contribution in [2.45, 2.75) is 6.92 Å². The lowest BCUT2D eigenvalue weighted by Crippen LogP contribution is -2.21. The first-order chi connectivity index (χ1) is 10.5. The number of esters is 1. The minimum absolute atomic E-state index is 0.0829. The van der Waals surface area contributed by atoms with Gasteiger partial charge >= 0.3 is 5.97 Å². The van der Waals surface area contributed by atoms with E-state index >= 15 is 0 Å². The Bertz CT molecular complexity index is 555. The number of hydrogen-bond acceptors (Lipinski definition) is 6. The third kappa shape index (κ3) is 6.88. The van der Waals surface area contributed by atoms with Crippen LogP contribution in [0.1, 0.15) is 17.3 Å². The molecule has 0 aliphatic carbocycles. The third-order valence-electron chi connectivity index (χ3n) is 2.60. The molecule has 0 aromatic heterocycles. The Morgan fingerprint density at radius 1 is 1.14 bits per heavy atom. The molecule has 0 bridgehead atoms. The number of ether oxygens (including phenoxy) is 3. The van der Waals surface area contributed by atoms with Crippen molar-refractivity contribution in [3.63, 3.8) is 0 Å². The Kier molecular flexibility index (Phi) is 7.86. The first-order valence-corrected chi connectivity index (χ1v) is 8.48. The van der Waals surface area contributed by atoms with E-state index in [1.807, 2.05) is 0 Å². The Morgan fingerprint density at radius 3 is 2.41 bits per heavy atom. The molecule has 1 N–H and O–H groups in total. The number of methoxy groups -OCH3 is 1. The van der Waals surface area contributed by atoms with Gasteiger partial charge in [0.25, 0.3) is 0 Å². The van der Waals surface area contributed by atoms with Gasteiger partial charge in [-0.05, 0) is 31.2 Å². The average Bonchev–Trinajstić information content (AvgIpc) is 2.47. The molecule has 0 saturated carbocycles. The van der Waals surface area contributed by atoms with Crippen LogP contribution in [0.3, 0.4) is 0 Å². The maximum atomic E-state index is 11.8. The molecule has 8 heteroatoms. The summed E-state index contributed by atoms with van der Waals surface area (Å²) in [6.45, 7) is 2.86. The molecular formula is C14H21NO6S. The Labute approximate surface area is 130 Å². The summed E-state index contributed by atoms with van der Waals surface area (Å²) in [5, 5.41) is 0. The van der Waals surface area contributed by atoms with Gasteiger partial charge in [-0.2, -0.15) is 0 Å². The Morgan fingerprint density at radius 2 is 1.82 bits per heavy atom. The van der Waals surface area contributed by atoms with Crippen LogP contribution in [0.25, 0.3) is 0 Å². The molecule has 22 heavy (non-hydrogen) atoms. The molecule has 0 aliphatic heterocycles.